The molecule has 7 atom stereocenters. The van der Waals surface area contributed by atoms with Crippen LogP contribution in [-0.4, -0.2) is 115 Å². The van der Waals surface area contributed by atoms with Crippen LogP contribution in [0.5, 0.6) is 5.75 Å². The van der Waals surface area contributed by atoms with E-state index < -0.39 is 60.5 Å². The molecule has 3 saturated carbocycles. The second kappa shape index (κ2) is 13.7. The molecule has 2 bridgehead atoms. The number of hydrogen-bond donors (Lipinski definition) is 3. The minimum Gasteiger partial charge on any atom is -0.496 e. The van der Waals surface area contributed by atoms with Crippen LogP contribution in [0.15, 0.2) is 18.2 Å². The van der Waals surface area contributed by atoms with E-state index in [1.165, 1.54) is 18.9 Å². The predicted molar refractivity (Wildman–Crippen MR) is 173 cm³/mol. The molecule has 1 aromatic carbocycles. The lowest BCUT2D eigenvalue weighted by Crippen LogP contribution is -2.65. The molecule has 2 heterocycles. The molecule has 3 N–H and O–H groups in total. The van der Waals surface area contributed by atoms with Crippen LogP contribution >= 0.6 is 0 Å². The van der Waals surface area contributed by atoms with Crippen molar-refractivity contribution in [2.75, 3.05) is 33.4 Å². The summed E-state index contributed by atoms with van der Waals surface area (Å²) in [4.78, 5) is 66.9. The molecule has 48 heavy (non-hydrogen) atoms. The molecule has 262 valence electrons. The fraction of sp³-hybridized carbons (Fsp3) is 0.667. The first-order chi connectivity index (χ1) is 22.7. The van der Waals surface area contributed by atoms with Crippen LogP contribution in [-0.2, 0) is 34.9 Å². The lowest BCUT2D eigenvalue weighted by Gasteiger charge is -2.64. The number of likely N-dealkylation sites (N-methyl/N-ethyl adjacent to an activating group) is 1. The molecule has 0 radical (unpaired) electrons. The maximum Gasteiger partial charge on any atom is 0.482 e. The topological polar surface area (TPSA) is 173 Å². The van der Waals surface area contributed by atoms with Crippen molar-refractivity contribution in [3.63, 3.8) is 0 Å². The zero-order valence-corrected chi connectivity index (χ0v) is 28.7. The van der Waals surface area contributed by atoms with E-state index in [4.69, 9.17) is 18.8 Å². The zero-order valence-electron chi connectivity index (χ0n) is 28.7. The minimum absolute atomic E-state index is 0.0557. The third-order valence-corrected chi connectivity index (χ3v) is 10.8. The average Bonchev–Trinajstić information content (AvgIpc) is 3.41. The lowest BCUT2D eigenvalue weighted by molar-refractivity contribution is -0.199. The van der Waals surface area contributed by atoms with Crippen LogP contribution in [0.2, 0.25) is 0 Å². The van der Waals surface area contributed by atoms with Crippen LogP contribution in [0.3, 0.4) is 0 Å². The summed E-state index contributed by atoms with van der Waals surface area (Å²) in [6.07, 6.45) is 0.344. The minimum atomic E-state index is -1.49. The molecule has 2 aliphatic heterocycles. The van der Waals surface area contributed by atoms with E-state index in [9.17, 15) is 29.1 Å². The number of carbonyl (C=O) groups excluding carboxylic acids is 5. The van der Waals surface area contributed by atoms with Gasteiger partial charge in [-0.2, -0.15) is 0 Å². The molecule has 15 heteroatoms. The molecule has 6 rings (SSSR count). The Labute approximate surface area is 281 Å². The Balaban J connectivity index is 1.41. The van der Waals surface area contributed by atoms with Gasteiger partial charge in [-0.3, -0.25) is 19.3 Å². The third kappa shape index (κ3) is 6.27. The monoisotopic (exact) mass is 670 g/mol. The number of methoxy groups -OCH3 is 1. The number of esters is 1. The molecular weight excluding hydrogens is 623 g/mol. The normalized spacial score (nSPS) is 27.8. The second-order valence-corrected chi connectivity index (χ2v) is 13.9. The highest BCUT2D eigenvalue weighted by atomic mass is 16.7. The summed E-state index contributed by atoms with van der Waals surface area (Å²) in [6, 6.07) is 2.57. The zero-order chi connectivity index (χ0) is 35.1. The maximum atomic E-state index is 13.9. The number of hydrogen-bond acceptors (Lipinski definition) is 10. The van der Waals surface area contributed by atoms with Crippen molar-refractivity contribution < 1.29 is 47.9 Å². The molecule has 5 fully saturated rings. The molecule has 2 saturated heterocycles. The van der Waals surface area contributed by atoms with Crippen molar-refractivity contribution >= 4 is 36.8 Å². The van der Waals surface area contributed by atoms with Gasteiger partial charge in [-0.25, -0.2) is 9.59 Å². The smallest absolute Gasteiger partial charge is 0.482 e. The maximum absolute atomic E-state index is 13.9. The molecule has 5 amide bonds. The summed E-state index contributed by atoms with van der Waals surface area (Å²) in [7, 11) is 0.523. The number of para-hydroxylation sites is 1. The van der Waals surface area contributed by atoms with Gasteiger partial charge in [0.2, 0.25) is 5.91 Å². The molecule has 5 aliphatic rings. The van der Waals surface area contributed by atoms with Gasteiger partial charge in [0, 0.05) is 19.6 Å². The Kier molecular flexibility index (Phi) is 10.1. The molecule has 0 aromatic heterocycles. The number of piperazine rings is 1. The summed E-state index contributed by atoms with van der Waals surface area (Å²) in [6.45, 7) is 11.9. The number of amides is 5. The predicted octanol–water partition coefficient (Wildman–Crippen LogP) is 1.32. The van der Waals surface area contributed by atoms with Crippen LogP contribution < -0.4 is 15.4 Å². The molecular formula is C33H47BN4O10. The number of imide groups is 1. The van der Waals surface area contributed by atoms with Crippen molar-refractivity contribution in [1.29, 1.82) is 0 Å². The van der Waals surface area contributed by atoms with E-state index in [2.05, 4.69) is 31.4 Å². The molecule has 1 aromatic rings. The summed E-state index contributed by atoms with van der Waals surface area (Å²) < 4.78 is 24.1. The van der Waals surface area contributed by atoms with Crippen LogP contribution in [0, 0.1) is 17.3 Å². The highest BCUT2D eigenvalue weighted by molar-refractivity contribution is 6.48. The van der Waals surface area contributed by atoms with Gasteiger partial charge >= 0.3 is 30.9 Å². The average molecular weight is 671 g/mol. The van der Waals surface area contributed by atoms with Gasteiger partial charge in [-0.1, -0.05) is 26.0 Å². The van der Waals surface area contributed by atoms with Gasteiger partial charge in [0.25, 0.3) is 0 Å². The van der Waals surface area contributed by atoms with Crippen LogP contribution in [0.1, 0.15) is 70.3 Å². The molecule has 0 spiro atoms. The first-order valence-electron chi connectivity index (χ1n) is 16.7. The van der Waals surface area contributed by atoms with Crippen molar-refractivity contribution in [2.45, 2.75) is 90.6 Å². The van der Waals surface area contributed by atoms with Crippen molar-refractivity contribution in [3.05, 3.63) is 29.3 Å². The van der Waals surface area contributed by atoms with Crippen molar-refractivity contribution in [2.24, 2.45) is 17.3 Å². The lowest BCUT2D eigenvalue weighted by atomic mass is 9.43. The Morgan fingerprint density at radius 1 is 1.10 bits per heavy atom. The van der Waals surface area contributed by atoms with E-state index in [1.807, 2.05) is 0 Å². The van der Waals surface area contributed by atoms with Gasteiger partial charge in [-0.15, -0.1) is 0 Å². The highest BCUT2D eigenvalue weighted by Crippen LogP contribution is 2.65. The number of urea groups is 1. The quantitative estimate of drug-likeness (QED) is 0.177. The summed E-state index contributed by atoms with van der Waals surface area (Å²) in [5.74, 6) is -3.00. The molecule has 3 aliphatic carbocycles. The van der Waals surface area contributed by atoms with E-state index in [-0.39, 0.29) is 54.9 Å². The number of ether oxygens (including phenoxy) is 2. The second-order valence-electron chi connectivity index (χ2n) is 13.9. The fourth-order valence-corrected chi connectivity index (χ4v) is 7.94. The van der Waals surface area contributed by atoms with Gasteiger partial charge in [0.05, 0.1) is 37.5 Å². The largest absolute Gasteiger partial charge is 0.496 e. The molecule has 14 nitrogen and oxygen atoms in total. The van der Waals surface area contributed by atoms with Gasteiger partial charge in [0.15, 0.2) is 0 Å². The number of aliphatic hydroxyl groups excluding tert-OH is 1. The number of aliphatic hydroxyl groups is 1. The van der Waals surface area contributed by atoms with Crippen LogP contribution in [0.25, 0.3) is 0 Å². The highest BCUT2D eigenvalue weighted by Gasteiger charge is 2.68. The standard InChI is InChI=1S/C33H47BN4O10/c1-8-37-13-14-38(29(42)28(37)41)31(44)36-25(18(3)39)27(40)35-24(15-19-11-10-12-21(26(19)45-7)30(43)46-9-2)34-47-23-17-20-16-22(32(20,4)5)33(23,6)48-34/h10-12,18,20,22-25,39H,8-9,13-17H2,1-7H3,(H,35,40)(H,36,44)/t18-,20+,22+,23?,24+,25-,33+/m1/s1. The van der Waals surface area contributed by atoms with Gasteiger partial charge < -0.3 is 39.4 Å². The SMILES string of the molecule is CCOC(=O)c1cccc(C[C@H](NC(=O)[C@H](NC(=O)N2CCN(CC)C(=O)C2=O)[C@@H](C)O)B2OC3C[C@@H]4C[C@@H](C4(C)C)[C@]3(C)O2)c1OC. The van der Waals surface area contributed by atoms with E-state index >= 15 is 0 Å². The third-order valence-electron chi connectivity index (χ3n) is 10.8. The first kappa shape index (κ1) is 35.6. The fourth-order valence-electron chi connectivity index (χ4n) is 7.94. The van der Waals surface area contributed by atoms with Gasteiger partial charge in [0.1, 0.15) is 17.4 Å². The number of benzene rings is 1. The van der Waals surface area contributed by atoms with E-state index in [0.29, 0.717) is 18.0 Å². The van der Waals surface area contributed by atoms with Crippen molar-refractivity contribution in [1.82, 2.24) is 20.4 Å². The number of rotatable bonds is 11. The molecule has 1 unspecified atom stereocenters. The first-order valence-corrected chi connectivity index (χ1v) is 16.7. The summed E-state index contributed by atoms with van der Waals surface area (Å²) in [5, 5.41) is 16.0. The Hall–Kier alpha value is -3.69. The number of carbonyl (C=O) groups is 5. The number of nitrogens with one attached hydrogen (secondary N) is 2. The van der Waals surface area contributed by atoms with E-state index in [0.717, 1.165) is 17.7 Å². The Morgan fingerprint density at radius 2 is 1.83 bits per heavy atom. The summed E-state index contributed by atoms with van der Waals surface area (Å²) >= 11 is 0. The number of nitrogens with zero attached hydrogens (tertiary/aromatic N) is 2. The van der Waals surface area contributed by atoms with E-state index in [1.54, 1.807) is 32.0 Å². The van der Waals surface area contributed by atoms with Gasteiger partial charge in [-0.05, 0) is 75.8 Å². The van der Waals surface area contributed by atoms with Crippen LogP contribution in [0.4, 0.5) is 4.79 Å². The summed E-state index contributed by atoms with van der Waals surface area (Å²) in [5.41, 5.74) is 0.257. The Morgan fingerprint density at radius 3 is 2.46 bits per heavy atom. The Bertz CT molecular complexity index is 1460. The van der Waals surface area contributed by atoms with Crippen molar-refractivity contribution in [3.8, 4) is 5.75 Å².